The van der Waals surface area contributed by atoms with Crippen LogP contribution in [-0.4, -0.2) is 29.7 Å². The lowest BCUT2D eigenvalue weighted by atomic mass is 11.5. The Kier molecular flexibility index (Phi) is 19.3. The summed E-state index contributed by atoms with van der Waals surface area (Å²) >= 11 is 3.47. The van der Waals surface area contributed by atoms with E-state index in [-0.39, 0.29) is 12.3 Å². The second-order valence-corrected chi connectivity index (χ2v) is 2.93. The molecule has 0 saturated carbocycles. The minimum Gasteiger partial charge on any atom is -0.450 e. The Morgan fingerprint density at radius 1 is 1.18 bits per heavy atom. The van der Waals surface area contributed by atoms with E-state index in [0.29, 0.717) is 0 Å². The van der Waals surface area contributed by atoms with Crippen LogP contribution in [-0.2, 0) is 20.2 Å². The molecule has 0 heterocycles. The first kappa shape index (κ1) is 22.4. The average molecular weight is 210 g/mol. The van der Waals surface area contributed by atoms with Crippen LogP contribution in [0.1, 0.15) is 0 Å². The molecule has 0 aromatic heterocycles. The van der Waals surface area contributed by atoms with E-state index < -0.39 is 15.2 Å². The topological polar surface area (TPSA) is 185 Å². The van der Waals surface area contributed by atoms with Gasteiger partial charge in [0, 0.05) is 11.2 Å². The van der Waals surface area contributed by atoms with Gasteiger partial charge < -0.3 is 22.5 Å². The zero-order chi connectivity index (χ0) is 8.08. The summed E-state index contributed by atoms with van der Waals surface area (Å²) in [6, 6.07) is 0. The van der Waals surface area contributed by atoms with Crippen LogP contribution in [0.3, 0.4) is 0 Å². The number of hydrogen-bond donors (Lipinski definition) is 6. The van der Waals surface area contributed by atoms with Crippen molar-refractivity contribution in [1.82, 2.24) is 12.3 Å². The first-order valence-corrected chi connectivity index (χ1v) is 3.75. The summed E-state index contributed by atoms with van der Waals surface area (Å²) in [5.74, 6) is 0. The Bertz CT molecular complexity index is 161. The van der Waals surface area contributed by atoms with Gasteiger partial charge in [-0.15, -0.1) is 0 Å². The molecular weight excluding hydrogens is 200 g/mol. The highest BCUT2D eigenvalue weighted by atomic mass is 32.9. The molecule has 0 radical (unpaired) electrons. The molecule has 0 amide bonds. The zero-order valence-electron chi connectivity index (χ0n) is 5.34. The van der Waals surface area contributed by atoms with Crippen molar-refractivity contribution in [2.24, 2.45) is 0 Å². The molecule has 0 saturated heterocycles. The molecule has 0 fully saturated rings. The maximum Gasteiger partial charge on any atom is 0.503 e. The molecule has 0 spiro atoms. The Morgan fingerprint density at radius 2 is 1.18 bits per heavy atom. The van der Waals surface area contributed by atoms with Gasteiger partial charge in [0.2, 0.25) is 0 Å². The predicted molar refractivity (Wildman–Crippen MR) is 41.5 cm³/mol. The summed E-state index contributed by atoms with van der Waals surface area (Å²) in [7, 11) is -3.83. The summed E-state index contributed by atoms with van der Waals surface area (Å²) < 4.78 is 24.0. The summed E-state index contributed by atoms with van der Waals surface area (Å²) in [5.41, 5.74) is 0. The first-order chi connectivity index (χ1) is 3.73. The largest absolute Gasteiger partial charge is 0.503 e. The van der Waals surface area contributed by atoms with E-state index in [2.05, 4.69) is 11.2 Å². The minimum absolute atomic E-state index is 0. The van der Waals surface area contributed by atoms with E-state index in [4.69, 9.17) is 28.3 Å². The molecule has 0 atom stereocenters. The summed E-state index contributed by atoms with van der Waals surface area (Å²) in [6.45, 7) is 0. The van der Waals surface area contributed by atoms with Gasteiger partial charge in [0.15, 0.2) is 0 Å². The van der Waals surface area contributed by atoms with Gasteiger partial charge in [0.05, 0.1) is 0 Å². The lowest BCUT2D eigenvalue weighted by Crippen LogP contribution is -1.86. The standard InChI is InChI=1S/CH2O3.2H3N.H2O3S2/c2-1(3)4;;;1-5(2,3)4/h(H2,2,3,4);2*1H3;(H2,1,2,3,4). The quantitative estimate of drug-likeness (QED) is 0.325. The second kappa shape index (κ2) is 9.48. The molecule has 0 aromatic rings. The van der Waals surface area contributed by atoms with E-state index >= 15 is 0 Å². The van der Waals surface area contributed by atoms with Gasteiger partial charge in [-0.05, 0) is 0 Å². The van der Waals surface area contributed by atoms with Crippen LogP contribution in [0.15, 0.2) is 0 Å². The van der Waals surface area contributed by atoms with E-state index in [1.165, 1.54) is 0 Å². The molecule has 0 rings (SSSR count). The highest BCUT2D eigenvalue weighted by Crippen LogP contribution is 1.62. The van der Waals surface area contributed by atoms with Crippen LogP contribution < -0.4 is 12.3 Å². The smallest absolute Gasteiger partial charge is 0.450 e. The van der Waals surface area contributed by atoms with Crippen molar-refractivity contribution in [2.75, 3.05) is 0 Å². The molecular formula is CH10N2O6S2. The molecule has 72 valence electrons. The van der Waals surface area contributed by atoms with Crippen LogP contribution >= 0.6 is 0 Å². The molecule has 0 aliphatic heterocycles. The van der Waals surface area contributed by atoms with Crippen molar-refractivity contribution in [3.05, 3.63) is 0 Å². The van der Waals surface area contributed by atoms with Crippen LogP contribution in [0.25, 0.3) is 0 Å². The van der Waals surface area contributed by atoms with E-state index in [1.54, 1.807) is 0 Å². The fourth-order valence-corrected chi connectivity index (χ4v) is 0. The fraction of sp³-hybridized carbons (Fsp3) is 0. The SMILES string of the molecule is N.N.O=C(O)O.O=S(O)(O)=S. The van der Waals surface area contributed by atoms with Crippen molar-refractivity contribution >= 4 is 26.4 Å². The summed E-state index contributed by atoms with van der Waals surface area (Å²) in [5, 5.41) is 13.9. The maximum absolute atomic E-state index is 9.11. The van der Waals surface area contributed by atoms with Gasteiger partial charge in [0.1, 0.15) is 0 Å². The van der Waals surface area contributed by atoms with E-state index in [9.17, 15) is 0 Å². The predicted octanol–water partition coefficient (Wildman–Crippen LogP) is 0.225. The molecule has 0 aliphatic rings. The van der Waals surface area contributed by atoms with Crippen molar-refractivity contribution in [1.29, 1.82) is 0 Å². The lowest BCUT2D eigenvalue weighted by Gasteiger charge is -1.73. The lowest BCUT2D eigenvalue weighted by molar-refractivity contribution is 0.137. The molecule has 0 bridgehead atoms. The van der Waals surface area contributed by atoms with Crippen molar-refractivity contribution in [3.8, 4) is 0 Å². The number of hydrogen-bond acceptors (Lipinski definition) is 5. The third-order valence-corrected chi connectivity index (χ3v) is 0. The number of carbonyl (C=O) groups is 1. The van der Waals surface area contributed by atoms with Gasteiger partial charge in [0.25, 0.3) is 9.05 Å². The number of carboxylic acid groups (broad SMARTS) is 2. The van der Waals surface area contributed by atoms with Crippen LogP contribution in [0, 0.1) is 0 Å². The fourth-order valence-electron chi connectivity index (χ4n) is 0. The zero-order valence-corrected chi connectivity index (χ0v) is 6.97. The summed E-state index contributed by atoms with van der Waals surface area (Å²) in [6.07, 6.45) is -1.83. The molecule has 0 unspecified atom stereocenters. The molecule has 10 N–H and O–H groups in total. The molecule has 8 nitrogen and oxygen atoms in total. The third kappa shape index (κ3) is 1960. The van der Waals surface area contributed by atoms with Gasteiger partial charge >= 0.3 is 6.16 Å². The van der Waals surface area contributed by atoms with Gasteiger partial charge in [-0.1, -0.05) is 0 Å². The number of rotatable bonds is 0. The van der Waals surface area contributed by atoms with Gasteiger partial charge in [-0.3, -0.25) is 9.11 Å². The average Bonchev–Trinajstić information content (AvgIpc) is 1.19. The van der Waals surface area contributed by atoms with Crippen LogP contribution in [0.5, 0.6) is 0 Å². The Morgan fingerprint density at radius 3 is 1.18 bits per heavy atom. The Labute approximate surface area is 67.7 Å². The summed E-state index contributed by atoms with van der Waals surface area (Å²) in [4.78, 5) is 8.56. The van der Waals surface area contributed by atoms with Gasteiger partial charge in [-0.2, -0.15) is 4.21 Å². The minimum atomic E-state index is -3.83. The monoisotopic (exact) mass is 210 g/mol. The van der Waals surface area contributed by atoms with E-state index in [1.807, 2.05) is 0 Å². The van der Waals surface area contributed by atoms with Crippen LogP contribution in [0.2, 0.25) is 0 Å². The van der Waals surface area contributed by atoms with Crippen molar-refractivity contribution in [2.45, 2.75) is 0 Å². The van der Waals surface area contributed by atoms with Gasteiger partial charge in [-0.25, -0.2) is 4.79 Å². The second-order valence-electron chi connectivity index (χ2n) is 0.730. The maximum atomic E-state index is 9.11. The van der Waals surface area contributed by atoms with Crippen molar-refractivity contribution in [3.63, 3.8) is 0 Å². The first-order valence-electron chi connectivity index (χ1n) is 1.35. The molecule has 10 heteroatoms. The normalized spacial score (nSPS) is 7.45. The van der Waals surface area contributed by atoms with Crippen LogP contribution in [0.4, 0.5) is 4.79 Å². The Balaban J connectivity index is -0.0000000383. The highest BCUT2D eigenvalue weighted by molar-refractivity contribution is 8.26. The third-order valence-electron chi connectivity index (χ3n) is 0. The highest BCUT2D eigenvalue weighted by Gasteiger charge is 1.78. The molecule has 0 aliphatic carbocycles. The molecule has 0 aromatic carbocycles. The molecule has 11 heavy (non-hydrogen) atoms. The van der Waals surface area contributed by atoms with E-state index in [0.717, 1.165) is 0 Å². The Hall–Kier alpha value is -0.520. The van der Waals surface area contributed by atoms with Crippen molar-refractivity contribution < 1.29 is 28.3 Å².